The van der Waals surface area contributed by atoms with Gasteiger partial charge in [0, 0.05) is 32.6 Å². The Labute approximate surface area is 300 Å². The lowest BCUT2D eigenvalue weighted by molar-refractivity contribution is -0.124. The first-order valence-corrected chi connectivity index (χ1v) is 20.6. The van der Waals surface area contributed by atoms with Gasteiger partial charge in [-0.2, -0.15) is 0 Å². The molecule has 4 N–H and O–H groups in total. The molecular formula is C38H46N4O2S4. The number of thiophene rings is 4. The van der Waals surface area contributed by atoms with E-state index in [0.717, 1.165) is 102 Å². The molecule has 6 nitrogen and oxygen atoms in total. The monoisotopic (exact) mass is 718 g/mol. The van der Waals surface area contributed by atoms with Crippen LogP contribution >= 0.6 is 45.3 Å². The number of carbonyl (C=O) groups is 2. The normalized spacial score (nSPS) is 16.2. The number of nitrogens with zero attached hydrogens (tertiary/aromatic N) is 2. The standard InChI is InChI=1S/C38H46N4O2S4/c1-5-9-11-23(7-3)21-41-35(29-15-13-25(45-29)27-17-19-31(39)47-27)33-34(37(41)43)36(42(38(33)44)22-24(8-4)12-10-6-2)30-16-14-26(46-30)28-18-20-32(40)48-28/h13-20,23-24H,5-12,21-22,39-40H2,1-4H3. The van der Waals surface area contributed by atoms with Gasteiger partial charge in [-0.3, -0.25) is 9.59 Å². The van der Waals surface area contributed by atoms with Gasteiger partial charge in [-0.25, -0.2) is 0 Å². The van der Waals surface area contributed by atoms with Gasteiger partial charge in [-0.1, -0.05) is 66.2 Å². The Hall–Kier alpha value is -3.18. The molecule has 4 aromatic rings. The summed E-state index contributed by atoms with van der Waals surface area (Å²) in [5.74, 6) is 0.610. The van der Waals surface area contributed by atoms with E-state index in [1.54, 1.807) is 45.3 Å². The molecule has 48 heavy (non-hydrogen) atoms. The fourth-order valence-corrected chi connectivity index (χ4v) is 10.6. The van der Waals surface area contributed by atoms with E-state index in [9.17, 15) is 9.59 Å². The maximum atomic E-state index is 14.9. The lowest BCUT2D eigenvalue weighted by Gasteiger charge is -2.29. The SMILES string of the molecule is CCCCC(CC)CN1C(=O)C2=C(c3ccc(-c4ccc(N)s4)s3)N(CC(CC)CCCC)C(=O)C2=C1c1ccc(-c2ccc(N)s2)s1. The van der Waals surface area contributed by atoms with Gasteiger partial charge < -0.3 is 21.3 Å². The second-order valence-corrected chi connectivity index (χ2v) is 17.2. The highest BCUT2D eigenvalue weighted by molar-refractivity contribution is 7.25. The summed E-state index contributed by atoms with van der Waals surface area (Å²) in [5, 5.41) is 1.54. The highest BCUT2D eigenvalue weighted by atomic mass is 32.1. The third-order valence-corrected chi connectivity index (χ3v) is 14.0. The molecular weight excluding hydrogens is 673 g/mol. The molecule has 10 heteroatoms. The van der Waals surface area contributed by atoms with Crippen molar-refractivity contribution in [3.8, 4) is 19.5 Å². The third-order valence-electron chi connectivity index (χ3n) is 9.57. The molecule has 2 amide bonds. The lowest BCUT2D eigenvalue weighted by Crippen LogP contribution is -2.34. The number of nitrogen functional groups attached to an aromatic ring is 2. The van der Waals surface area contributed by atoms with Gasteiger partial charge in [0.15, 0.2) is 0 Å². The molecule has 0 radical (unpaired) electrons. The van der Waals surface area contributed by atoms with E-state index in [1.165, 1.54) is 0 Å². The van der Waals surface area contributed by atoms with Gasteiger partial charge in [0.25, 0.3) is 11.8 Å². The summed E-state index contributed by atoms with van der Waals surface area (Å²) in [4.78, 5) is 39.9. The molecule has 0 aromatic carbocycles. The molecule has 2 atom stereocenters. The number of hydrogen-bond acceptors (Lipinski definition) is 8. The summed E-state index contributed by atoms with van der Waals surface area (Å²) >= 11 is 6.40. The van der Waals surface area contributed by atoms with Crippen molar-refractivity contribution in [1.82, 2.24) is 9.80 Å². The van der Waals surface area contributed by atoms with Crippen LogP contribution in [0.4, 0.5) is 10.0 Å². The quantitative estimate of drug-likeness (QED) is 0.121. The topological polar surface area (TPSA) is 92.7 Å². The molecule has 2 aliphatic heterocycles. The van der Waals surface area contributed by atoms with Crippen LogP contribution in [-0.4, -0.2) is 34.7 Å². The summed E-state index contributed by atoms with van der Waals surface area (Å²) in [7, 11) is 0. The lowest BCUT2D eigenvalue weighted by atomic mass is 9.98. The molecule has 0 fully saturated rings. The highest BCUT2D eigenvalue weighted by Crippen LogP contribution is 2.51. The van der Waals surface area contributed by atoms with Crippen molar-refractivity contribution in [2.75, 3.05) is 24.6 Å². The van der Waals surface area contributed by atoms with Crippen LogP contribution in [0.2, 0.25) is 0 Å². The van der Waals surface area contributed by atoms with Crippen molar-refractivity contribution < 1.29 is 9.59 Å². The summed E-state index contributed by atoms with van der Waals surface area (Å²) in [6, 6.07) is 16.3. The number of hydrogen-bond donors (Lipinski definition) is 2. The van der Waals surface area contributed by atoms with E-state index < -0.39 is 0 Å². The van der Waals surface area contributed by atoms with Crippen LogP contribution in [-0.2, 0) is 9.59 Å². The number of fused-ring (bicyclic) bond motifs is 1. The summed E-state index contributed by atoms with van der Waals surface area (Å²) in [6.45, 7) is 10.1. The molecule has 2 unspecified atom stereocenters. The first kappa shape index (κ1) is 34.7. The molecule has 0 spiro atoms. The average Bonchev–Trinajstić information content (AvgIpc) is 3.93. The van der Waals surface area contributed by atoms with Gasteiger partial charge in [-0.05, 0) is 73.2 Å². The largest absolute Gasteiger partial charge is 0.391 e. The minimum atomic E-state index is -0.0481. The van der Waals surface area contributed by atoms with Crippen LogP contribution in [0.15, 0.2) is 59.7 Å². The average molecular weight is 719 g/mol. The maximum Gasteiger partial charge on any atom is 0.261 e. The van der Waals surface area contributed by atoms with E-state index in [2.05, 4.69) is 52.0 Å². The number of rotatable bonds is 16. The van der Waals surface area contributed by atoms with Crippen molar-refractivity contribution in [3.05, 3.63) is 69.4 Å². The Morgan fingerprint density at radius 1 is 0.542 bits per heavy atom. The highest BCUT2D eigenvalue weighted by Gasteiger charge is 2.50. The zero-order valence-electron chi connectivity index (χ0n) is 28.3. The van der Waals surface area contributed by atoms with Crippen LogP contribution in [0.1, 0.15) is 88.8 Å². The molecule has 0 aliphatic carbocycles. The predicted molar refractivity (Wildman–Crippen MR) is 208 cm³/mol. The Morgan fingerprint density at radius 2 is 0.896 bits per heavy atom. The fourth-order valence-electron chi connectivity index (χ4n) is 6.77. The van der Waals surface area contributed by atoms with E-state index >= 15 is 0 Å². The second-order valence-electron chi connectivity index (χ2n) is 12.8. The molecule has 6 heterocycles. The minimum absolute atomic E-state index is 0.0481. The van der Waals surface area contributed by atoms with Gasteiger partial charge in [0.2, 0.25) is 0 Å². The molecule has 0 saturated carbocycles. The number of unbranched alkanes of at least 4 members (excludes halogenated alkanes) is 2. The van der Waals surface area contributed by atoms with Crippen molar-refractivity contribution in [2.24, 2.45) is 11.8 Å². The van der Waals surface area contributed by atoms with E-state index in [-0.39, 0.29) is 11.8 Å². The van der Waals surface area contributed by atoms with Crippen LogP contribution in [0.3, 0.4) is 0 Å². The Kier molecular flexibility index (Phi) is 10.9. The summed E-state index contributed by atoms with van der Waals surface area (Å²) < 4.78 is 0. The predicted octanol–water partition coefficient (Wildman–Crippen LogP) is 10.7. The van der Waals surface area contributed by atoms with E-state index in [4.69, 9.17) is 11.5 Å². The second kappa shape index (κ2) is 15.2. The van der Waals surface area contributed by atoms with Gasteiger partial charge >= 0.3 is 0 Å². The van der Waals surface area contributed by atoms with Crippen LogP contribution < -0.4 is 11.5 Å². The first-order valence-electron chi connectivity index (χ1n) is 17.3. The smallest absolute Gasteiger partial charge is 0.261 e. The molecule has 0 bridgehead atoms. The van der Waals surface area contributed by atoms with Gasteiger partial charge in [0.05, 0.1) is 42.3 Å². The third kappa shape index (κ3) is 6.82. The fraction of sp³-hybridized carbons (Fsp3) is 0.421. The van der Waals surface area contributed by atoms with Gasteiger partial charge in [-0.15, -0.1) is 45.3 Å². The summed E-state index contributed by atoms with van der Waals surface area (Å²) in [6.07, 6.45) is 8.56. The zero-order valence-corrected chi connectivity index (χ0v) is 31.6. The van der Waals surface area contributed by atoms with Crippen LogP contribution in [0, 0.1) is 11.8 Å². The summed E-state index contributed by atoms with van der Waals surface area (Å²) in [5.41, 5.74) is 14.9. The minimum Gasteiger partial charge on any atom is -0.391 e. The first-order chi connectivity index (χ1) is 23.3. The van der Waals surface area contributed by atoms with Crippen molar-refractivity contribution >= 4 is 78.6 Å². The van der Waals surface area contributed by atoms with Crippen molar-refractivity contribution in [2.45, 2.75) is 79.1 Å². The van der Waals surface area contributed by atoms with Gasteiger partial charge in [0.1, 0.15) is 0 Å². The van der Waals surface area contributed by atoms with Crippen LogP contribution in [0.5, 0.6) is 0 Å². The Bertz CT molecular complexity index is 1710. The van der Waals surface area contributed by atoms with E-state index in [1.807, 2.05) is 34.1 Å². The number of amides is 2. The van der Waals surface area contributed by atoms with E-state index in [0.29, 0.717) is 36.1 Å². The number of nitrogens with two attached hydrogens (primary N) is 2. The molecule has 6 rings (SSSR count). The molecule has 2 aliphatic rings. The molecule has 0 saturated heterocycles. The Balaban J connectivity index is 1.51. The number of carbonyl (C=O) groups excluding carboxylic acids is 2. The van der Waals surface area contributed by atoms with Crippen molar-refractivity contribution in [1.29, 1.82) is 0 Å². The maximum absolute atomic E-state index is 14.9. The number of anilines is 2. The van der Waals surface area contributed by atoms with Crippen molar-refractivity contribution in [3.63, 3.8) is 0 Å². The molecule has 254 valence electrons. The van der Waals surface area contributed by atoms with Crippen LogP contribution in [0.25, 0.3) is 30.9 Å². The molecule has 4 aromatic heterocycles. The zero-order chi connectivity index (χ0) is 33.9. The Morgan fingerprint density at radius 3 is 1.23 bits per heavy atom.